The molecule has 0 aromatic heterocycles. The third-order valence-corrected chi connectivity index (χ3v) is 6.49. The zero-order chi connectivity index (χ0) is 19.8. The fourth-order valence-electron chi connectivity index (χ4n) is 4.38. The smallest absolute Gasteiger partial charge is 0.223 e. The second-order valence-electron chi connectivity index (χ2n) is 8.59. The Hall–Kier alpha value is -1.18. The molecule has 2 aliphatic heterocycles. The molecule has 0 bridgehead atoms. The van der Waals surface area contributed by atoms with Crippen LogP contribution in [0.1, 0.15) is 64.2 Å². The van der Waals surface area contributed by atoms with Crippen LogP contribution in [0, 0.1) is 5.92 Å². The molecule has 3 fully saturated rings. The van der Waals surface area contributed by atoms with Crippen molar-refractivity contribution in [2.24, 2.45) is 5.92 Å². The van der Waals surface area contributed by atoms with E-state index >= 15 is 0 Å². The Morgan fingerprint density at radius 3 is 2.50 bits per heavy atom. The van der Waals surface area contributed by atoms with Crippen molar-refractivity contribution < 1.29 is 19.4 Å². The second-order valence-corrected chi connectivity index (χ2v) is 8.59. The van der Waals surface area contributed by atoms with Crippen molar-refractivity contribution in [2.75, 3.05) is 32.8 Å². The third-order valence-electron chi connectivity index (χ3n) is 6.49. The van der Waals surface area contributed by atoms with E-state index in [1.54, 1.807) is 0 Å². The first-order valence-corrected chi connectivity index (χ1v) is 11.2. The topological polar surface area (TPSA) is 90.9 Å². The summed E-state index contributed by atoms with van der Waals surface area (Å²) in [5.41, 5.74) is 0. The molecular formula is C21H37N3O4. The summed E-state index contributed by atoms with van der Waals surface area (Å²) in [4.78, 5) is 26.6. The maximum atomic E-state index is 12.2. The number of piperidine rings is 1. The van der Waals surface area contributed by atoms with Gasteiger partial charge in [0, 0.05) is 25.4 Å². The van der Waals surface area contributed by atoms with Crippen molar-refractivity contribution in [3.05, 3.63) is 0 Å². The van der Waals surface area contributed by atoms with E-state index in [1.165, 1.54) is 19.3 Å². The van der Waals surface area contributed by atoms with Gasteiger partial charge in [-0.05, 0) is 58.0 Å². The molecule has 160 valence electrons. The van der Waals surface area contributed by atoms with Gasteiger partial charge in [0.2, 0.25) is 11.8 Å². The van der Waals surface area contributed by atoms with Crippen molar-refractivity contribution in [2.45, 2.75) is 82.5 Å². The number of nitrogens with one attached hydrogen (secondary N) is 2. The van der Waals surface area contributed by atoms with E-state index in [2.05, 4.69) is 15.5 Å². The Bertz CT molecular complexity index is 506. The number of hydrogen-bond donors (Lipinski definition) is 3. The van der Waals surface area contributed by atoms with Crippen LogP contribution in [0.3, 0.4) is 0 Å². The normalized spacial score (nSPS) is 29.1. The maximum Gasteiger partial charge on any atom is 0.223 e. The number of ether oxygens (including phenoxy) is 1. The van der Waals surface area contributed by atoms with Crippen LogP contribution in [-0.4, -0.2) is 72.9 Å². The lowest BCUT2D eigenvalue weighted by Crippen LogP contribution is -2.53. The minimum Gasteiger partial charge on any atom is -0.394 e. The van der Waals surface area contributed by atoms with Crippen LogP contribution in [0.4, 0.5) is 0 Å². The van der Waals surface area contributed by atoms with Gasteiger partial charge in [0.15, 0.2) is 0 Å². The summed E-state index contributed by atoms with van der Waals surface area (Å²) in [6.07, 6.45) is 9.52. The molecule has 2 saturated heterocycles. The monoisotopic (exact) mass is 395 g/mol. The number of nitrogens with zero attached hydrogens (tertiary/aromatic N) is 1. The van der Waals surface area contributed by atoms with E-state index in [1.807, 2.05) is 0 Å². The quantitative estimate of drug-likeness (QED) is 0.546. The number of carbonyl (C=O) groups excluding carboxylic acids is 2. The van der Waals surface area contributed by atoms with Crippen LogP contribution in [0.15, 0.2) is 0 Å². The molecular weight excluding hydrogens is 358 g/mol. The highest BCUT2D eigenvalue weighted by Crippen LogP contribution is 2.28. The van der Waals surface area contributed by atoms with Gasteiger partial charge in [-0.2, -0.15) is 0 Å². The van der Waals surface area contributed by atoms with E-state index in [0.717, 1.165) is 58.2 Å². The molecule has 28 heavy (non-hydrogen) atoms. The van der Waals surface area contributed by atoms with Gasteiger partial charge in [-0.1, -0.05) is 12.8 Å². The average molecular weight is 396 g/mol. The molecule has 0 aromatic rings. The Kier molecular flexibility index (Phi) is 8.55. The molecule has 0 unspecified atom stereocenters. The highest BCUT2D eigenvalue weighted by molar-refractivity contribution is 5.79. The van der Waals surface area contributed by atoms with Crippen molar-refractivity contribution in [1.29, 1.82) is 0 Å². The number of likely N-dealkylation sites (tertiary alicyclic amines) is 1. The van der Waals surface area contributed by atoms with E-state index in [9.17, 15) is 14.7 Å². The van der Waals surface area contributed by atoms with Gasteiger partial charge in [-0.25, -0.2) is 0 Å². The molecule has 7 heteroatoms. The highest BCUT2D eigenvalue weighted by atomic mass is 16.5. The van der Waals surface area contributed by atoms with Crippen LogP contribution >= 0.6 is 0 Å². The average Bonchev–Trinajstić information content (AvgIpc) is 2.67. The molecule has 0 spiro atoms. The molecule has 3 rings (SSSR count). The summed E-state index contributed by atoms with van der Waals surface area (Å²) >= 11 is 0. The first-order chi connectivity index (χ1) is 13.7. The summed E-state index contributed by atoms with van der Waals surface area (Å²) in [6.45, 7) is 3.59. The fraction of sp³-hybridized carbons (Fsp3) is 0.905. The number of aliphatic hydroxyl groups excluding tert-OH is 1. The van der Waals surface area contributed by atoms with E-state index in [4.69, 9.17) is 4.74 Å². The van der Waals surface area contributed by atoms with Gasteiger partial charge in [0.05, 0.1) is 18.8 Å². The highest BCUT2D eigenvalue weighted by Gasteiger charge is 2.34. The SMILES string of the molecule is O=C(CCN1CCCCC1)NCC[C@H]1CC[C@@H](NC(=O)C2CCC2)[C@H](CO)O1. The predicted molar refractivity (Wildman–Crippen MR) is 107 cm³/mol. The maximum absolute atomic E-state index is 12.2. The largest absolute Gasteiger partial charge is 0.394 e. The van der Waals surface area contributed by atoms with Crippen LogP contribution in [-0.2, 0) is 14.3 Å². The molecule has 3 atom stereocenters. The molecule has 3 aliphatic rings. The Morgan fingerprint density at radius 1 is 1.04 bits per heavy atom. The first-order valence-electron chi connectivity index (χ1n) is 11.2. The van der Waals surface area contributed by atoms with Crippen molar-refractivity contribution in [3.63, 3.8) is 0 Å². The van der Waals surface area contributed by atoms with Gasteiger partial charge in [0.25, 0.3) is 0 Å². The molecule has 0 radical (unpaired) electrons. The van der Waals surface area contributed by atoms with Crippen molar-refractivity contribution in [1.82, 2.24) is 15.5 Å². The number of amides is 2. The van der Waals surface area contributed by atoms with Gasteiger partial charge in [-0.15, -0.1) is 0 Å². The lowest BCUT2D eigenvalue weighted by atomic mass is 9.84. The Balaban J connectivity index is 1.29. The summed E-state index contributed by atoms with van der Waals surface area (Å²) < 4.78 is 5.99. The van der Waals surface area contributed by atoms with Gasteiger partial charge in [-0.3, -0.25) is 9.59 Å². The lowest BCUT2D eigenvalue weighted by molar-refractivity contribution is -0.134. The van der Waals surface area contributed by atoms with Crippen LogP contribution in [0.25, 0.3) is 0 Å². The van der Waals surface area contributed by atoms with E-state index in [0.29, 0.717) is 13.0 Å². The van der Waals surface area contributed by atoms with Crippen molar-refractivity contribution in [3.8, 4) is 0 Å². The van der Waals surface area contributed by atoms with Gasteiger partial charge < -0.3 is 25.4 Å². The second kappa shape index (κ2) is 11.1. The van der Waals surface area contributed by atoms with Gasteiger partial charge >= 0.3 is 0 Å². The third kappa shape index (κ3) is 6.42. The standard InChI is InChI=1S/C21H37N3O4/c25-15-19-18(23-21(27)16-5-4-6-16)8-7-17(28-19)9-11-22-20(26)10-14-24-12-2-1-3-13-24/h16-19,25H,1-15H2,(H,22,26)(H,23,27)/t17-,18-,19+/m1/s1. The van der Waals surface area contributed by atoms with Crippen molar-refractivity contribution >= 4 is 11.8 Å². The molecule has 1 aliphatic carbocycles. The minimum absolute atomic E-state index is 0.0244. The molecule has 2 heterocycles. The molecule has 1 saturated carbocycles. The fourth-order valence-corrected chi connectivity index (χ4v) is 4.38. The number of aliphatic hydroxyl groups is 1. The number of carbonyl (C=O) groups is 2. The van der Waals surface area contributed by atoms with Gasteiger partial charge in [0.1, 0.15) is 6.10 Å². The Labute approximate surface area is 168 Å². The number of rotatable bonds is 9. The summed E-state index contributed by atoms with van der Waals surface area (Å²) in [5, 5.41) is 15.7. The molecule has 3 N–H and O–H groups in total. The Morgan fingerprint density at radius 2 is 1.82 bits per heavy atom. The minimum atomic E-state index is -0.349. The van der Waals surface area contributed by atoms with Crippen LogP contribution in [0.5, 0.6) is 0 Å². The predicted octanol–water partition coefficient (Wildman–Crippen LogP) is 1.19. The zero-order valence-corrected chi connectivity index (χ0v) is 17.0. The van der Waals surface area contributed by atoms with Crippen LogP contribution < -0.4 is 10.6 Å². The lowest BCUT2D eigenvalue weighted by Gasteiger charge is -2.37. The molecule has 2 amide bonds. The molecule has 0 aromatic carbocycles. The number of hydrogen-bond acceptors (Lipinski definition) is 5. The molecule has 7 nitrogen and oxygen atoms in total. The summed E-state index contributed by atoms with van der Waals surface area (Å²) in [7, 11) is 0. The summed E-state index contributed by atoms with van der Waals surface area (Å²) in [6, 6.07) is -0.103. The summed E-state index contributed by atoms with van der Waals surface area (Å²) in [5.74, 6) is 0.362. The van der Waals surface area contributed by atoms with Crippen LogP contribution in [0.2, 0.25) is 0 Å². The van der Waals surface area contributed by atoms with E-state index < -0.39 is 0 Å². The first kappa shape index (κ1) is 21.5. The zero-order valence-electron chi connectivity index (χ0n) is 17.0. The van der Waals surface area contributed by atoms with E-state index in [-0.39, 0.29) is 42.6 Å².